The van der Waals surface area contributed by atoms with Gasteiger partial charge in [0.2, 0.25) is 0 Å². The number of carbonyl (C=O) groups is 4. The second kappa shape index (κ2) is 9.60. The molecule has 1 aliphatic heterocycles. The Hall–Kier alpha value is -4.76. The summed E-state index contributed by atoms with van der Waals surface area (Å²) < 4.78 is 5.58. The van der Waals surface area contributed by atoms with Crippen LogP contribution in [0.5, 0.6) is 0 Å². The van der Waals surface area contributed by atoms with E-state index >= 15 is 0 Å². The molecule has 0 bridgehead atoms. The van der Waals surface area contributed by atoms with E-state index in [0.29, 0.717) is 10.6 Å². The summed E-state index contributed by atoms with van der Waals surface area (Å²) in [7, 11) is 0. The number of fused-ring (bicyclic) bond motifs is 4. The molecule has 8 nitrogen and oxygen atoms in total. The topological polar surface area (TPSA) is 102 Å². The van der Waals surface area contributed by atoms with Gasteiger partial charge in [-0.25, -0.2) is 9.59 Å². The van der Waals surface area contributed by atoms with Crippen LogP contribution in [-0.2, 0) is 14.4 Å². The van der Waals surface area contributed by atoms with Crippen molar-refractivity contribution in [1.29, 1.82) is 0 Å². The maximum absolute atomic E-state index is 13.1. The van der Waals surface area contributed by atoms with Crippen molar-refractivity contribution in [2.75, 3.05) is 6.61 Å². The molecule has 1 unspecified atom stereocenters. The van der Waals surface area contributed by atoms with Crippen LogP contribution in [0, 0.1) is 0 Å². The third-order valence-corrected chi connectivity index (χ3v) is 7.36. The normalized spacial score (nSPS) is 14.5. The van der Waals surface area contributed by atoms with Gasteiger partial charge in [-0.05, 0) is 56.8 Å². The number of benzene rings is 3. The highest BCUT2D eigenvalue weighted by atomic mass is 32.1. The second-order valence-electron chi connectivity index (χ2n) is 8.82. The molecular weight excluding hydrogens is 504 g/mol. The molecule has 0 fully saturated rings. The SMILES string of the molecule is O=C(NC(C(=O)ON1C(=O)c2ccccc2C1=O)c1ccsc1)OCC1c2ccccc2-c2ccccc21. The van der Waals surface area contributed by atoms with E-state index in [9.17, 15) is 19.2 Å². The van der Waals surface area contributed by atoms with Gasteiger partial charge in [-0.15, -0.1) is 0 Å². The molecule has 1 aliphatic carbocycles. The van der Waals surface area contributed by atoms with Crippen molar-refractivity contribution in [2.45, 2.75) is 12.0 Å². The van der Waals surface area contributed by atoms with Gasteiger partial charge in [0.05, 0.1) is 11.1 Å². The highest BCUT2D eigenvalue weighted by Gasteiger charge is 2.40. The number of hydrogen-bond acceptors (Lipinski definition) is 7. The minimum Gasteiger partial charge on any atom is -0.449 e. The average molecular weight is 525 g/mol. The largest absolute Gasteiger partial charge is 0.449 e. The van der Waals surface area contributed by atoms with E-state index in [0.717, 1.165) is 22.3 Å². The monoisotopic (exact) mass is 524 g/mol. The summed E-state index contributed by atoms with van der Waals surface area (Å²) in [6.07, 6.45) is -0.831. The second-order valence-corrected chi connectivity index (χ2v) is 9.60. The standard InChI is InChI=1S/C29H20N2O6S/c32-26-22-11-5-6-12-23(22)27(33)31(26)37-28(34)25(17-13-14-38-16-17)30-29(35)36-15-24-20-9-3-1-7-18(20)19-8-2-4-10-21(19)24/h1-14,16,24-25H,15H2,(H,30,35). The van der Waals surface area contributed by atoms with Crippen molar-refractivity contribution in [1.82, 2.24) is 10.4 Å². The number of imide groups is 1. The molecule has 0 saturated heterocycles. The maximum Gasteiger partial charge on any atom is 0.408 e. The Morgan fingerprint density at radius 3 is 1.92 bits per heavy atom. The van der Waals surface area contributed by atoms with Crippen molar-refractivity contribution in [2.24, 2.45) is 0 Å². The van der Waals surface area contributed by atoms with E-state index in [2.05, 4.69) is 5.32 Å². The van der Waals surface area contributed by atoms with Crippen molar-refractivity contribution in [3.8, 4) is 11.1 Å². The van der Waals surface area contributed by atoms with Crippen LogP contribution in [0.1, 0.15) is 49.4 Å². The smallest absolute Gasteiger partial charge is 0.408 e. The number of carbonyl (C=O) groups excluding carboxylic acids is 4. The van der Waals surface area contributed by atoms with Crippen LogP contribution in [0.4, 0.5) is 4.79 Å². The highest BCUT2D eigenvalue weighted by molar-refractivity contribution is 7.08. The first kappa shape index (κ1) is 23.6. The van der Waals surface area contributed by atoms with Gasteiger partial charge in [-0.1, -0.05) is 65.7 Å². The predicted molar refractivity (Wildman–Crippen MR) is 138 cm³/mol. The first-order chi connectivity index (χ1) is 18.5. The predicted octanol–water partition coefficient (Wildman–Crippen LogP) is 5.08. The number of amides is 3. The minimum absolute atomic E-state index is 0.0592. The summed E-state index contributed by atoms with van der Waals surface area (Å²) in [5.74, 6) is -2.64. The number of rotatable bonds is 6. The summed E-state index contributed by atoms with van der Waals surface area (Å²) in [6, 6.07) is 22.5. The van der Waals surface area contributed by atoms with Gasteiger partial charge in [0, 0.05) is 5.92 Å². The molecule has 3 aromatic carbocycles. The van der Waals surface area contributed by atoms with E-state index in [4.69, 9.17) is 9.57 Å². The Bertz CT molecular complexity index is 1500. The number of nitrogens with one attached hydrogen (secondary N) is 1. The Morgan fingerprint density at radius 2 is 1.37 bits per heavy atom. The molecule has 0 saturated carbocycles. The molecule has 1 aromatic heterocycles. The zero-order chi connectivity index (χ0) is 26.2. The van der Waals surface area contributed by atoms with E-state index in [1.807, 2.05) is 48.5 Å². The third kappa shape index (κ3) is 4.03. The lowest BCUT2D eigenvalue weighted by Crippen LogP contribution is -2.40. The summed E-state index contributed by atoms with van der Waals surface area (Å²) in [4.78, 5) is 56.5. The van der Waals surface area contributed by atoms with Crippen LogP contribution in [0.15, 0.2) is 89.6 Å². The number of hydroxylamine groups is 2. The molecule has 2 aliphatic rings. The zero-order valence-electron chi connectivity index (χ0n) is 19.8. The fourth-order valence-electron chi connectivity index (χ4n) is 4.87. The summed E-state index contributed by atoms with van der Waals surface area (Å²) in [6.45, 7) is 0.0592. The van der Waals surface area contributed by atoms with Crippen LogP contribution >= 0.6 is 11.3 Å². The molecule has 0 radical (unpaired) electrons. The van der Waals surface area contributed by atoms with Crippen LogP contribution in [0.2, 0.25) is 0 Å². The average Bonchev–Trinajstić information content (AvgIpc) is 3.64. The highest BCUT2D eigenvalue weighted by Crippen LogP contribution is 2.44. The molecule has 1 atom stereocenters. The van der Waals surface area contributed by atoms with Crippen LogP contribution in [0.25, 0.3) is 11.1 Å². The van der Waals surface area contributed by atoms with Crippen LogP contribution < -0.4 is 5.32 Å². The fourth-order valence-corrected chi connectivity index (χ4v) is 5.55. The summed E-state index contributed by atoms with van der Waals surface area (Å²) in [5, 5.41) is 6.36. The van der Waals surface area contributed by atoms with Gasteiger partial charge in [-0.3, -0.25) is 9.59 Å². The third-order valence-electron chi connectivity index (χ3n) is 6.66. The van der Waals surface area contributed by atoms with Crippen LogP contribution in [-0.4, -0.2) is 35.5 Å². The van der Waals surface area contributed by atoms with E-state index in [1.54, 1.807) is 29.0 Å². The lowest BCUT2D eigenvalue weighted by Gasteiger charge is -2.20. The van der Waals surface area contributed by atoms with Gasteiger partial charge in [0.1, 0.15) is 6.61 Å². The molecule has 6 rings (SSSR count). The minimum atomic E-state index is -1.29. The van der Waals surface area contributed by atoms with Gasteiger partial charge >= 0.3 is 12.1 Å². The summed E-state index contributed by atoms with van der Waals surface area (Å²) in [5.41, 5.74) is 5.02. The van der Waals surface area contributed by atoms with Gasteiger partial charge in [0.25, 0.3) is 11.8 Å². The molecule has 2 heterocycles. The van der Waals surface area contributed by atoms with E-state index in [1.165, 1.54) is 23.5 Å². The Balaban J connectivity index is 1.17. The lowest BCUT2D eigenvalue weighted by atomic mass is 9.98. The number of ether oxygens (including phenoxy) is 1. The first-order valence-electron chi connectivity index (χ1n) is 11.9. The molecule has 3 amide bonds. The van der Waals surface area contributed by atoms with Crippen molar-refractivity contribution in [3.05, 3.63) is 117 Å². The number of nitrogens with zero attached hydrogens (tertiary/aromatic N) is 1. The summed E-state index contributed by atoms with van der Waals surface area (Å²) >= 11 is 1.32. The maximum atomic E-state index is 13.1. The number of alkyl carbamates (subject to hydrolysis) is 1. The molecule has 188 valence electrons. The molecule has 1 N–H and O–H groups in total. The Labute approximate surface area is 221 Å². The molecular formula is C29H20N2O6S. The van der Waals surface area contributed by atoms with Gasteiger partial charge < -0.3 is 14.9 Å². The number of thiophene rings is 1. The molecule has 4 aromatic rings. The molecule has 9 heteroatoms. The Kier molecular flexibility index (Phi) is 5.97. The van der Waals surface area contributed by atoms with Gasteiger partial charge in [0.15, 0.2) is 6.04 Å². The quantitative estimate of drug-likeness (QED) is 0.353. The Morgan fingerprint density at radius 1 is 0.816 bits per heavy atom. The van der Waals surface area contributed by atoms with Crippen molar-refractivity contribution >= 4 is 35.2 Å². The molecule has 0 spiro atoms. The van der Waals surface area contributed by atoms with Crippen molar-refractivity contribution in [3.63, 3.8) is 0 Å². The number of hydrogen-bond donors (Lipinski definition) is 1. The molecule has 38 heavy (non-hydrogen) atoms. The lowest BCUT2D eigenvalue weighted by molar-refractivity contribution is -0.171. The fraction of sp³-hybridized carbons (Fsp3) is 0.103. The zero-order valence-corrected chi connectivity index (χ0v) is 20.6. The van der Waals surface area contributed by atoms with Crippen molar-refractivity contribution < 1.29 is 28.8 Å². The van der Waals surface area contributed by atoms with Crippen LogP contribution in [0.3, 0.4) is 0 Å². The first-order valence-corrected chi connectivity index (χ1v) is 12.8. The van der Waals surface area contributed by atoms with E-state index < -0.39 is 29.9 Å². The van der Waals surface area contributed by atoms with E-state index in [-0.39, 0.29) is 23.7 Å². The van der Waals surface area contributed by atoms with Gasteiger partial charge in [-0.2, -0.15) is 11.3 Å².